The quantitative estimate of drug-likeness (QED) is 0.943. The molecule has 2 rings (SSSR count). The molecular weight excluding hydrogens is 292 g/mol. The zero-order valence-corrected chi connectivity index (χ0v) is 11.8. The van der Waals surface area contributed by atoms with E-state index in [1.165, 1.54) is 0 Å². The van der Waals surface area contributed by atoms with E-state index in [0.717, 1.165) is 27.2 Å². The number of para-hydroxylation sites is 1. The summed E-state index contributed by atoms with van der Waals surface area (Å²) in [7, 11) is 0. The number of nitrogens with two attached hydrogens (primary N) is 1. The van der Waals surface area contributed by atoms with Gasteiger partial charge in [0.25, 0.3) is 0 Å². The standard InChI is InChI=1S/C14H15BrN2O/c1-10-4-2-6-12(17-10)9-18-14-11(8-16)5-3-7-13(14)15/h2-7H,8-9,16H2,1H3. The molecule has 0 spiro atoms. The second-order valence-electron chi connectivity index (χ2n) is 3.99. The number of ether oxygens (including phenoxy) is 1. The van der Waals surface area contributed by atoms with Crippen molar-refractivity contribution in [1.82, 2.24) is 4.98 Å². The van der Waals surface area contributed by atoms with Gasteiger partial charge in [-0.2, -0.15) is 0 Å². The third kappa shape index (κ3) is 3.09. The molecule has 94 valence electrons. The van der Waals surface area contributed by atoms with E-state index in [4.69, 9.17) is 10.5 Å². The Morgan fingerprint density at radius 1 is 1.22 bits per heavy atom. The van der Waals surface area contributed by atoms with E-state index in [2.05, 4.69) is 20.9 Å². The zero-order valence-electron chi connectivity index (χ0n) is 10.2. The van der Waals surface area contributed by atoms with E-state index in [0.29, 0.717) is 13.2 Å². The second kappa shape index (κ2) is 5.98. The van der Waals surface area contributed by atoms with Crippen LogP contribution in [0.5, 0.6) is 5.75 Å². The van der Waals surface area contributed by atoms with E-state index in [1.54, 1.807) is 0 Å². The number of aryl methyl sites for hydroxylation is 1. The van der Waals surface area contributed by atoms with Gasteiger partial charge < -0.3 is 10.5 Å². The Bertz CT molecular complexity index is 543. The third-order valence-electron chi connectivity index (χ3n) is 2.58. The fourth-order valence-corrected chi connectivity index (χ4v) is 2.22. The third-order valence-corrected chi connectivity index (χ3v) is 3.20. The van der Waals surface area contributed by atoms with Crippen LogP contribution in [-0.2, 0) is 13.2 Å². The van der Waals surface area contributed by atoms with Gasteiger partial charge >= 0.3 is 0 Å². The molecule has 0 saturated heterocycles. The van der Waals surface area contributed by atoms with Crippen LogP contribution < -0.4 is 10.5 Å². The average Bonchev–Trinajstić information content (AvgIpc) is 2.37. The Labute approximate surface area is 115 Å². The molecule has 0 saturated carbocycles. The number of hydrogen-bond acceptors (Lipinski definition) is 3. The van der Waals surface area contributed by atoms with Gasteiger partial charge in [-0.1, -0.05) is 18.2 Å². The number of benzene rings is 1. The minimum Gasteiger partial charge on any atom is -0.486 e. The molecule has 1 aromatic heterocycles. The van der Waals surface area contributed by atoms with Crippen LogP contribution in [-0.4, -0.2) is 4.98 Å². The summed E-state index contributed by atoms with van der Waals surface area (Å²) < 4.78 is 6.73. The van der Waals surface area contributed by atoms with Crippen LogP contribution in [0, 0.1) is 6.92 Å². The average molecular weight is 307 g/mol. The lowest BCUT2D eigenvalue weighted by atomic mass is 10.2. The highest BCUT2D eigenvalue weighted by molar-refractivity contribution is 9.10. The number of halogens is 1. The molecule has 0 unspecified atom stereocenters. The highest BCUT2D eigenvalue weighted by Gasteiger charge is 2.07. The van der Waals surface area contributed by atoms with Crippen LogP contribution in [0.25, 0.3) is 0 Å². The Balaban J connectivity index is 2.15. The molecule has 1 aromatic carbocycles. The summed E-state index contributed by atoms with van der Waals surface area (Å²) in [5.74, 6) is 0.795. The molecule has 2 N–H and O–H groups in total. The van der Waals surface area contributed by atoms with Crippen LogP contribution in [0.15, 0.2) is 40.9 Å². The number of hydrogen-bond donors (Lipinski definition) is 1. The lowest BCUT2D eigenvalue weighted by Crippen LogP contribution is -2.04. The van der Waals surface area contributed by atoms with Crippen molar-refractivity contribution in [3.63, 3.8) is 0 Å². The summed E-state index contributed by atoms with van der Waals surface area (Å²) in [6.45, 7) is 2.86. The molecule has 0 bridgehead atoms. The van der Waals surface area contributed by atoms with E-state index in [9.17, 15) is 0 Å². The maximum atomic E-state index is 5.81. The largest absolute Gasteiger partial charge is 0.486 e. The summed E-state index contributed by atoms with van der Waals surface area (Å²) in [6, 6.07) is 11.7. The van der Waals surface area contributed by atoms with Crippen molar-refractivity contribution in [2.24, 2.45) is 5.73 Å². The Morgan fingerprint density at radius 3 is 2.72 bits per heavy atom. The molecule has 3 nitrogen and oxygen atoms in total. The molecule has 0 radical (unpaired) electrons. The van der Waals surface area contributed by atoms with Crippen molar-refractivity contribution in [3.8, 4) is 5.75 Å². The van der Waals surface area contributed by atoms with E-state index in [-0.39, 0.29) is 0 Å². The molecule has 0 atom stereocenters. The van der Waals surface area contributed by atoms with Crippen LogP contribution in [0.2, 0.25) is 0 Å². The molecule has 1 heterocycles. The number of pyridine rings is 1. The normalized spacial score (nSPS) is 10.4. The van der Waals surface area contributed by atoms with Gasteiger partial charge in [0.1, 0.15) is 12.4 Å². The van der Waals surface area contributed by atoms with Crippen LogP contribution in [0.1, 0.15) is 17.0 Å². The number of rotatable bonds is 4. The Hall–Kier alpha value is -1.39. The minimum absolute atomic E-state index is 0.442. The second-order valence-corrected chi connectivity index (χ2v) is 4.85. The first kappa shape index (κ1) is 13.1. The van der Waals surface area contributed by atoms with Crippen LogP contribution >= 0.6 is 15.9 Å². The monoisotopic (exact) mass is 306 g/mol. The summed E-state index contributed by atoms with van der Waals surface area (Å²) in [5, 5.41) is 0. The van der Waals surface area contributed by atoms with Crippen LogP contribution in [0.4, 0.5) is 0 Å². The highest BCUT2D eigenvalue weighted by atomic mass is 79.9. The van der Waals surface area contributed by atoms with Gasteiger partial charge in [-0.3, -0.25) is 4.98 Å². The van der Waals surface area contributed by atoms with Gasteiger partial charge in [-0.15, -0.1) is 0 Å². The van der Waals surface area contributed by atoms with Crippen molar-refractivity contribution >= 4 is 15.9 Å². The Kier molecular flexibility index (Phi) is 4.33. The molecule has 0 aliphatic rings. The van der Waals surface area contributed by atoms with E-state index < -0.39 is 0 Å². The fourth-order valence-electron chi connectivity index (χ4n) is 1.70. The zero-order chi connectivity index (χ0) is 13.0. The van der Waals surface area contributed by atoms with Crippen molar-refractivity contribution in [1.29, 1.82) is 0 Å². The molecule has 0 aliphatic heterocycles. The first-order valence-electron chi connectivity index (χ1n) is 5.73. The SMILES string of the molecule is Cc1cccc(COc2c(Br)cccc2CN)n1. The van der Waals surface area contributed by atoms with Crippen molar-refractivity contribution < 1.29 is 4.74 Å². The van der Waals surface area contributed by atoms with Gasteiger partial charge in [0.05, 0.1) is 10.2 Å². The summed E-state index contributed by atoms with van der Waals surface area (Å²) in [4.78, 5) is 4.40. The molecule has 4 heteroatoms. The molecular formula is C14H15BrN2O. The molecule has 0 aliphatic carbocycles. The van der Waals surface area contributed by atoms with Crippen molar-refractivity contribution in [2.75, 3.05) is 0 Å². The summed E-state index contributed by atoms with van der Waals surface area (Å²) in [6.07, 6.45) is 0. The highest BCUT2D eigenvalue weighted by Crippen LogP contribution is 2.29. The van der Waals surface area contributed by atoms with Gasteiger partial charge in [0, 0.05) is 17.8 Å². The van der Waals surface area contributed by atoms with Crippen LogP contribution in [0.3, 0.4) is 0 Å². The van der Waals surface area contributed by atoms with E-state index in [1.807, 2.05) is 43.3 Å². The smallest absolute Gasteiger partial charge is 0.138 e. The topological polar surface area (TPSA) is 48.1 Å². The maximum Gasteiger partial charge on any atom is 0.138 e. The lowest BCUT2D eigenvalue weighted by Gasteiger charge is -2.12. The summed E-state index contributed by atoms with van der Waals surface area (Å²) in [5.41, 5.74) is 8.58. The fraction of sp³-hybridized carbons (Fsp3) is 0.214. The molecule has 0 amide bonds. The van der Waals surface area contributed by atoms with Gasteiger partial charge in [-0.25, -0.2) is 0 Å². The predicted octanol–water partition coefficient (Wildman–Crippen LogP) is 3.19. The Morgan fingerprint density at radius 2 is 2.00 bits per heavy atom. The van der Waals surface area contributed by atoms with Gasteiger partial charge in [0.15, 0.2) is 0 Å². The molecule has 0 fully saturated rings. The molecule has 2 aromatic rings. The van der Waals surface area contributed by atoms with Crippen molar-refractivity contribution in [3.05, 3.63) is 57.8 Å². The molecule has 18 heavy (non-hydrogen) atoms. The number of nitrogens with zero attached hydrogens (tertiary/aromatic N) is 1. The lowest BCUT2D eigenvalue weighted by molar-refractivity contribution is 0.296. The van der Waals surface area contributed by atoms with Crippen molar-refractivity contribution in [2.45, 2.75) is 20.1 Å². The van der Waals surface area contributed by atoms with Gasteiger partial charge in [0.2, 0.25) is 0 Å². The minimum atomic E-state index is 0.442. The predicted molar refractivity (Wildman–Crippen MR) is 75.3 cm³/mol. The van der Waals surface area contributed by atoms with E-state index >= 15 is 0 Å². The summed E-state index contributed by atoms with van der Waals surface area (Å²) >= 11 is 3.47. The first-order valence-corrected chi connectivity index (χ1v) is 6.53. The van der Waals surface area contributed by atoms with Gasteiger partial charge in [-0.05, 0) is 41.1 Å². The maximum absolute atomic E-state index is 5.81. The first-order chi connectivity index (χ1) is 8.70. The number of aromatic nitrogens is 1.